The summed E-state index contributed by atoms with van der Waals surface area (Å²) in [6, 6.07) is 3.17. The topological polar surface area (TPSA) is 66.4 Å². The molecule has 10 heteroatoms. The van der Waals surface area contributed by atoms with E-state index < -0.39 is 23.1 Å². The Morgan fingerprint density at radius 1 is 1.30 bits per heavy atom. The van der Waals surface area contributed by atoms with Gasteiger partial charge in [0.15, 0.2) is 5.58 Å². The Labute approximate surface area is 154 Å². The number of hydrogen-bond donors (Lipinski definition) is 0. The van der Waals surface area contributed by atoms with Gasteiger partial charge in [0.1, 0.15) is 30.0 Å². The number of halogens is 4. The number of ether oxygens (including phenoxy) is 1. The summed E-state index contributed by atoms with van der Waals surface area (Å²) in [4.78, 5) is 24.7. The highest BCUT2D eigenvalue weighted by molar-refractivity contribution is 6.35. The van der Waals surface area contributed by atoms with Crippen LogP contribution in [0.25, 0.3) is 16.7 Å². The van der Waals surface area contributed by atoms with Crippen molar-refractivity contribution < 1.29 is 22.3 Å². The summed E-state index contributed by atoms with van der Waals surface area (Å²) in [5, 5.41) is 0.316. The summed E-state index contributed by atoms with van der Waals surface area (Å²) in [6.45, 7) is -0.0585. The second-order valence-corrected chi connectivity index (χ2v) is 5.85. The molecule has 1 aromatic carbocycles. The van der Waals surface area contributed by atoms with Crippen LogP contribution in [0.3, 0.4) is 0 Å². The lowest BCUT2D eigenvalue weighted by Gasteiger charge is -2.13. The quantitative estimate of drug-likeness (QED) is 0.636. The fourth-order valence-electron chi connectivity index (χ4n) is 2.56. The van der Waals surface area contributed by atoms with Crippen LogP contribution in [0.15, 0.2) is 38.5 Å². The molecule has 140 valence electrons. The summed E-state index contributed by atoms with van der Waals surface area (Å²) >= 11 is 6.09. The van der Waals surface area contributed by atoms with Crippen LogP contribution in [0.1, 0.15) is 5.69 Å². The molecule has 0 aliphatic heterocycles. The number of hydrogen-bond acceptors (Lipinski definition) is 4. The number of rotatable bonds is 3. The largest absolute Gasteiger partial charge is 0.481 e. The van der Waals surface area contributed by atoms with E-state index in [0.717, 1.165) is 13.3 Å². The molecule has 6 nitrogen and oxygen atoms in total. The lowest BCUT2D eigenvalue weighted by atomic mass is 10.2. The summed E-state index contributed by atoms with van der Waals surface area (Å²) < 4.78 is 50.4. The van der Waals surface area contributed by atoms with Crippen molar-refractivity contribution >= 4 is 22.6 Å². The number of fused-ring (bicyclic) bond motifs is 1. The molecule has 0 fully saturated rings. The molecule has 2 heterocycles. The number of aromatic nitrogens is 2. The third-order valence-corrected chi connectivity index (χ3v) is 4.04. The molecule has 0 spiro atoms. The van der Waals surface area contributed by atoms with Crippen molar-refractivity contribution in [3.05, 3.63) is 56.0 Å². The average molecular weight is 399 g/mol. The summed E-state index contributed by atoms with van der Waals surface area (Å²) in [5.41, 5.74) is -3.66. The van der Waals surface area contributed by atoms with E-state index >= 15 is 0 Å². The van der Waals surface area contributed by atoms with Gasteiger partial charge in [-0.25, -0.2) is 9.36 Å². The lowest BCUT2D eigenvalue weighted by Crippen LogP contribution is -2.40. The molecule has 0 N–H and O–H groups in total. The van der Waals surface area contributed by atoms with Crippen LogP contribution in [-0.2, 0) is 13.2 Å². The Balaban J connectivity index is 2.29. The van der Waals surface area contributed by atoms with Gasteiger partial charge in [0, 0.05) is 24.6 Å². The molecular formula is C17H10ClF3N2O4. The Kier molecular flexibility index (Phi) is 4.53. The van der Waals surface area contributed by atoms with Crippen molar-refractivity contribution in [2.45, 2.75) is 6.18 Å². The van der Waals surface area contributed by atoms with E-state index in [1.807, 2.05) is 0 Å². The van der Waals surface area contributed by atoms with Crippen LogP contribution < -0.4 is 16.0 Å². The smallest absolute Gasteiger partial charge is 0.431 e. The SMILES string of the molecule is C#CCOc1cc(Cl)c2occ(-n3c(=O)cc(C(F)(F)F)n(C)c3=O)c2c1. The van der Waals surface area contributed by atoms with Gasteiger partial charge < -0.3 is 9.15 Å². The number of benzene rings is 1. The Bertz CT molecular complexity index is 1200. The minimum Gasteiger partial charge on any atom is -0.481 e. The molecule has 0 unspecified atom stereocenters. The molecule has 0 atom stereocenters. The van der Waals surface area contributed by atoms with Gasteiger partial charge in [-0.1, -0.05) is 17.5 Å². The molecule has 0 radical (unpaired) electrons. The minimum atomic E-state index is -4.86. The van der Waals surface area contributed by atoms with E-state index in [1.54, 1.807) is 0 Å². The zero-order valence-corrected chi connectivity index (χ0v) is 14.4. The molecule has 2 aromatic heterocycles. The molecule has 3 aromatic rings. The molecule has 0 saturated heterocycles. The maximum Gasteiger partial charge on any atom is 0.431 e. The van der Waals surface area contributed by atoms with E-state index in [0.29, 0.717) is 15.2 Å². The van der Waals surface area contributed by atoms with Crippen molar-refractivity contribution in [1.82, 2.24) is 9.13 Å². The van der Waals surface area contributed by atoms with Crippen LogP contribution in [-0.4, -0.2) is 15.7 Å². The Morgan fingerprint density at radius 3 is 2.63 bits per heavy atom. The zero-order valence-electron chi connectivity index (χ0n) is 13.6. The van der Waals surface area contributed by atoms with Gasteiger partial charge in [0.2, 0.25) is 0 Å². The highest BCUT2D eigenvalue weighted by Crippen LogP contribution is 2.34. The normalized spacial score (nSPS) is 11.6. The van der Waals surface area contributed by atoms with Crippen LogP contribution in [0, 0.1) is 12.3 Å². The first kappa shape index (κ1) is 18.7. The van der Waals surface area contributed by atoms with Crippen LogP contribution in [0.4, 0.5) is 13.2 Å². The first-order valence-electron chi connectivity index (χ1n) is 7.33. The van der Waals surface area contributed by atoms with Crippen molar-refractivity contribution in [1.29, 1.82) is 0 Å². The van der Waals surface area contributed by atoms with Crippen molar-refractivity contribution in [2.24, 2.45) is 7.05 Å². The maximum atomic E-state index is 13.0. The summed E-state index contributed by atoms with van der Waals surface area (Å²) in [5.74, 6) is 2.51. The van der Waals surface area contributed by atoms with Crippen LogP contribution >= 0.6 is 11.6 Å². The number of terminal acetylenes is 1. The van der Waals surface area contributed by atoms with Crippen molar-refractivity contribution in [3.8, 4) is 23.8 Å². The summed E-state index contributed by atoms with van der Waals surface area (Å²) in [7, 11) is 0.914. The highest BCUT2D eigenvalue weighted by Gasteiger charge is 2.35. The Hall–Kier alpha value is -3.12. The molecule has 0 amide bonds. The monoisotopic (exact) mass is 398 g/mol. The maximum absolute atomic E-state index is 13.0. The third-order valence-electron chi connectivity index (χ3n) is 3.76. The second-order valence-electron chi connectivity index (χ2n) is 5.44. The highest BCUT2D eigenvalue weighted by atomic mass is 35.5. The zero-order chi connectivity index (χ0) is 19.9. The fourth-order valence-corrected chi connectivity index (χ4v) is 2.81. The predicted molar refractivity (Wildman–Crippen MR) is 91.4 cm³/mol. The van der Waals surface area contributed by atoms with E-state index in [1.165, 1.54) is 12.1 Å². The van der Waals surface area contributed by atoms with Gasteiger partial charge in [-0.15, -0.1) is 6.42 Å². The molecule has 0 aliphatic rings. The standard InChI is InChI=1S/C17H10ClF3N2O4/c1-3-4-26-9-5-10-12(8-27-15(10)11(18)6-9)23-14(24)7-13(17(19,20)21)22(2)16(23)25/h1,5-8H,4H2,2H3. The first-order chi connectivity index (χ1) is 12.6. The molecule has 3 rings (SSSR count). The molecule has 0 bridgehead atoms. The van der Waals surface area contributed by atoms with Gasteiger partial charge in [-0.3, -0.25) is 9.36 Å². The fraction of sp³-hybridized carbons (Fsp3) is 0.176. The van der Waals surface area contributed by atoms with Crippen LogP contribution in [0.5, 0.6) is 5.75 Å². The van der Waals surface area contributed by atoms with Gasteiger partial charge in [0.25, 0.3) is 5.56 Å². The predicted octanol–water partition coefficient (Wildman–Crippen LogP) is 2.97. The van der Waals surface area contributed by atoms with E-state index in [-0.39, 0.29) is 34.0 Å². The lowest BCUT2D eigenvalue weighted by molar-refractivity contribution is -0.144. The number of furan rings is 1. The number of nitrogens with zero attached hydrogens (tertiary/aromatic N) is 2. The van der Waals surface area contributed by atoms with E-state index in [2.05, 4.69) is 5.92 Å². The van der Waals surface area contributed by atoms with E-state index in [4.69, 9.17) is 27.2 Å². The van der Waals surface area contributed by atoms with Crippen molar-refractivity contribution in [3.63, 3.8) is 0 Å². The van der Waals surface area contributed by atoms with E-state index in [9.17, 15) is 22.8 Å². The van der Waals surface area contributed by atoms with Crippen molar-refractivity contribution in [2.75, 3.05) is 6.61 Å². The second kappa shape index (κ2) is 6.55. The third kappa shape index (κ3) is 3.19. The minimum absolute atomic E-state index is 0.0585. The molecular weight excluding hydrogens is 389 g/mol. The average Bonchev–Trinajstić information content (AvgIpc) is 3.00. The van der Waals surface area contributed by atoms with Gasteiger partial charge >= 0.3 is 11.9 Å². The molecule has 27 heavy (non-hydrogen) atoms. The van der Waals surface area contributed by atoms with Gasteiger partial charge in [0.05, 0.1) is 5.02 Å². The number of alkyl halides is 3. The molecule has 0 aliphatic carbocycles. The van der Waals surface area contributed by atoms with Gasteiger partial charge in [-0.05, 0) is 6.07 Å². The summed E-state index contributed by atoms with van der Waals surface area (Å²) in [6.07, 6.45) is 1.32. The first-order valence-corrected chi connectivity index (χ1v) is 7.70. The van der Waals surface area contributed by atoms with Gasteiger partial charge in [-0.2, -0.15) is 13.2 Å². The molecule has 0 saturated carbocycles. The van der Waals surface area contributed by atoms with Crippen LogP contribution in [0.2, 0.25) is 5.02 Å². The Morgan fingerprint density at radius 2 is 2.00 bits per heavy atom.